The van der Waals surface area contributed by atoms with Crippen molar-refractivity contribution >= 4 is 27.3 Å². The van der Waals surface area contributed by atoms with Crippen molar-refractivity contribution in [1.82, 2.24) is 10.3 Å². The van der Waals surface area contributed by atoms with Crippen LogP contribution in [0.2, 0.25) is 0 Å². The molecule has 7 nitrogen and oxygen atoms in total. The zero-order valence-corrected chi connectivity index (χ0v) is 17.5. The highest BCUT2D eigenvalue weighted by Crippen LogP contribution is 2.23. The van der Waals surface area contributed by atoms with Crippen molar-refractivity contribution in [3.05, 3.63) is 60.2 Å². The number of anilines is 1. The number of piperidine rings is 1. The fourth-order valence-corrected chi connectivity index (χ4v) is 4.46. The van der Waals surface area contributed by atoms with E-state index in [2.05, 4.69) is 15.4 Å². The van der Waals surface area contributed by atoms with E-state index in [0.29, 0.717) is 5.69 Å². The summed E-state index contributed by atoms with van der Waals surface area (Å²) in [5.74, 6) is -0.476. The molecule has 1 aliphatic heterocycles. The fourth-order valence-electron chi connectivity index (χ4n) is 3.04. The second-order valence-electron chi connectivity index (χ2n) is 7.18. The molecule has 3 rings (SSSR count). The van der Waals surface area contributed by atoms with E-state index in [4.69, 9.17) is 0 Å². The molecule has 8 heteroatoms. The molecular formula is C21H26N4O3S. The number of carbonyl (C=O) groups excluding carboxylic acids is 1. The van der Waals surface area contributed by atoms with Gasteiger partial charge >= 0.3 is 0 Å². The maximum Gasteiger partial charge on any atom is 0.264 e. The van der Waals surface area contributed by atoms with Crippen LogP contribution in [-0.4, -0.2) is 51.6 Å². The van der Waals surface area contributed by atoms with Crippen molar-refractivity contribution in [2.45, 2.75) is 24.7 Å². The minimum atomic E-state index is -3.90. The highest BCUT2D eigenvalue weighted by atomic mass is 32.2. The summed E-state index contributed by atoms with van der Waals surface area (Å²) in [6, 6.07) is 15.2. The normalized spacial score (nSPS) is 15.0. The molecule has 0 radical (unpaired) electrons. The van der Waals surface area contributed by atoms with Gasteiger partial charge in [-0.3, -0.25) is 9.10 Å². The molecule has 1 heterocycles. The number of para-hydroxylation sites is 1. The number of amides is 1. The Morgan fingerprint density at radius 1 is 1.07 bits per heavy atom. The number of hydrazone groups is 1. The lowest BCUT2D eigenvalue weighted by Crippen LogP contribution is -2.40. The fraction of sp³-hybridized carbons (Fsp3) is 0.333. The topological polar surface area (TPSA) is 82.1 Å². The molecule has 1 N–H and O–H groups in total. The van der Waals surface area contributed by atoms with Gasteiger partial charge in [-0.1, -0.05) is 35.9 Å². The molecule has 0 aliphatic carbocycles. The molecule has 1 aliphatic rings. The van der Waals surface area contributed by atoms with Crippen LogP contribution < -0.4 is 9.73 Å². The Morgan fingerprint density at radius 3 is 2.31 bits per heavy atom. The van der Waals surface area contributed by atoms with E-state index in [9.17, 15) is 13.2 Å². The van der Waals surface area contributed by atoms with Gasteiger partial charge in [0.15, 0.2) is 0 Å². The van der Waals surface area contributed by atoms with Crippen molar-refractivity contribution < 1.29 is 13.2 Å². The number of hydrogen-bond acceptors (Lipinski definition) is 5. The standard InChI is InChI=1S/C21H26N4O3S/c1-17-8-10-20(11-9-17)29(27,28)25(19-6-4-3-5-7-19)16-21(26)23-22-18-12-14-24(2)15-13-18/h3-11H,12-16H2,1-2H3,(H,23,26). The Labute approximate surface area is 172 Å². The van der Waals surface area contributed by atoms with E-state index in [0.717, 1.165) is 41.5 Å². The van der Waals surface area contributed by atoms with Gasteiger partial charge in [-0.25, -0.2) is 13.8 Å². The zero-order valence-electron chi connectivity index (χ0n) is 16.7. The van der Waals surface area contributed by atoms with Crippen molar-refractivity contribution in [2.75, 3.05) is 31.0 Å². The number of likely N-dealkylation sites (tertiary alicyclic amines) is 1. The minimum absolute atomic E-state index is 0.140. The van der Waals surface area contributed by atoms with Crippen LogP contribution in [0.1, 0.15) is 18.4 Å². The summed E-state index contributed by atoms with van der Waals surface area (Å²) in [6.07, 6.45) is 1.59. The van der Waals surface area contributed by atoms with Crippen molar-refractivity contribution in [1.29, 1.82) is 0 Å². The third kappa shape index (κ3) is 5.42. The molecule has 0 atom stereocenters. The second-order valence-corrected chi connectivity index (χ2v) is 9.04. The summed E-state index contributed by atoms with van der Waals surface area (Å²) in [5.41, 5.74) is 4.83. The highest BCUT2D eigenvalue weighted by molar-refractivity contribution is 7.92. The van der Waals surface area contributed by atoms with Gasteiger partial charge in [0.05, 0.1) is 10.6 Å². The molecule has 1 fully saturated rings. The van der Waals surface area contributed by atoms with Crippen LogP contribution in [0.15, 0.2) is 64.6 Å². The first-order chi connectivity index (χ1) is 13.9. The number of nitrogens with zero attached hydrogens (tertiary/aromatic N) is 3. The first-order valence-electron chi connectivity index (χ1n) is 9.53. The van der Waals surface area contributed by atoms with E-state index < -0.39 is 15.9 Å². The molecule has 0 aromatic heterocycles. The molecule has 2 aromatic carbocycles. The molecule has 0 bridgehead atoms. The monoisotopic (exact) mass is 414 g/mol. The molecule has 0 spiro atoms. The summed E-state index contributed by atoms with van der Waals surface area (Å²) in [4.78, 5) is 14.9. The predicted octanol–water partition coefficient (Wildman–Crippen LogP) is 2.39. The minimum Gasteiger partial charge on any atom is -0.306 e. The van der Waals surface area contributed by atoms with Gasteiger partial charge in [0.25, 0.3) is 15.9 Å². The maximum atomic E-state index is 13.2. The van der Waals surface area contributed by atoms with E-state index >= 15 is 0 Å². The van der Waals surface area contributed by atoms with Gasteiger partial charge in [-0.15, -0.1) is 0 Å². The van der Waals surface area contributed by atoms with E-state index in [1.165, 1.54) is 0 Å². The van der Waals surface area contributed by atoms with Gasteiger partial charge < -0.3 is 4.90 Å². The molecule has 2 aromatic rings. The Hall–Kier alpha value is -2.71. The summed E-state index contributed by atoms with van der Waals surface area (Å²) in [7, 11) is -1.85. The van der Waals surface area contributed by atoms with Gasteiger partial charge in [-0.05, 0) is 38.2 Å². The average molecular weight is 415 g/mol. The van der Waals surface area contributed by atoms with E-state index in [-0.39, 0.29) is 11.4 Å². The van der Waals surface area contributed by atoms with E-state index in [1.54, 1.807) is 54.6 Å². The van der Waals surface area contributed by atoms with Gasteiger partial charge in [0.1, 0.15) is 6.54 Å². The van der Waals surface area contributed by atoms with Crippen LogP contribution in [0.25, 0.3) is 0 Å². The lowest BCUT2D eigenvalue weighted by atomic mass is 10.1. The molecule has 29 heavy (non-hydrogen) atoms. The van der Waals surface area contributed by atoms with Crippen molar-refractivity contribution in [2.24, 2.45) is 5.10 Å². The number of hydrogen-bond donors (Lipinski definition) is 1. The average Bonchev–Trinajstić information content (AvgIpc) is 2.72. The Kier molecular flexibility index (Phi) is 6.66. The number of benzene rings is 2. The first kappa shape index (κ1) is 21.0. The Bertz CT molecular complexity index is 963. The van der Waals surface area contributed by atoms with Crippen LogP contribution >= 0.6 is 0 Å². The Balaban J connectivity index is 1.80. The summed E-state index contributed by atoms with van der Waals surface area (Å²) >= 11 is 0. The third-order valence-corrected chi connectivity index (χ3v) is 6.63. The molecule has 0 unspecified atom stereocenters. The number of rotatable bonds is 6. The molecular weight excluding hydrogens is 388 g/mol. The van der Waals surface area contributed by atoms with Crippen molar-refractivity contribution in [3.63, 3.8) is 0 Å². The van der Waals surface area contributed by atoms with Crippen LogP contribution in [0.3, 0.4) is 0 Å². The largest absolute Gasteiger partial charge is 0.306 e. The zero-order chi connectivity index (χ0) is 20.9. The summed E-state index contributed by atoms with van der Waals surface area (Å²) < 4.78 is 27.6. The number of nitrogens with one attached hydrogen (secondary N) is 1. The third-order valence-electron chi connectivity index (χ3n) is 4.84. The highest BCUT2D eigenvalue weighted by Gasteiger charge is 2.27. The molecule has 1 amide bonds. The SMILES string of the molecule is Cc1ccc(S(=O)(=O)N(CC(=O)NN=C2CCN(C)CC2)c2ccccc2)cc1. The smallest absolute Gasteiger partial charge is 0.264 e. The van der Waals surface area contributed by atoms with E-state index in [1.807, 2.05) is 14.0 Å². The number of carbonyl (C=O) groups is 1. The Morgan fingerprint density at radius 2 is 1.69 bits per heavy atom. The van der Waals surface area contributed by atoms with Gasteiger partial charge in [0.2, 0.25) is 0 Å². The predicted molar refractivity (Wildman–Crippen MR) is 114 cm³/mol. The number of aryl methyl sites for hydroxylation is 1. The summed E-state index contributed by atoms with van der Waals surface area (Å²) in [5, 5.41) is 4.20. The van der Waals surface area contributed by atoms with Crippen LogP contribution in [0, 0.1) is 6.92 Å². The summed E-state index contributed by atoms with van der Waals surface area (Å²) in [6.45, 7) is 3.33. The second kappa shape index (κ2) is 9.19. The molecule has 0 saturated carbocycles. The van der Waals surface area contributed by atoms with Crippen LogP contribution in [0.4, 0.5) is 5.69 Å². The molecule has 154 valence electrons. The van der Waals surface area contributed by atoms with Gasteiger partial charge in [0, 0.05) is 31.6 Å². The van der Waals surface area contributed by atoms with Crippen LogP contribution in [0.5, 0.6) is 0 Å². The van der Waals surface area contributed by atoms with Crippen molar-refractivity contribution in [3.8, 4) is 0 Å². The van der Waals surface area contributed by atoms with Gasteiger partial charge in [-0.2, -0.15) is 5.10 Å². The maximum absolute atomic E-state index is 13.2. The lowest BCUT2D eigenvalue weighted by molar-refractivity contribution is -0.119. The van der Waals surface area contributed by atoms with Crippen LogP contribution in [-0.2, 0) is 14.8 Å². The lowest BCUT2D eigenvalue weighted by Gasteiger charge is -2.24. The quantitative estimate of drug-likeness (QED) is 0.736. The molecule has 1 saturated heterocycles. The first-order valence-corrected chi connectivity index (χ1v) is 11.0. The number of sulfonamides is 1.